The number of carbonyl (C=O) groups is 1. The molecule has 0 fully saturated rings. The topological polar surface area (TPSA) is 64.3 Å². The van der Waals surface area contributed by atoms with E-state index < -0.39 is 0 Å². The molecule has 0 saturated carbocycles. The maximum atomic E-state index is 12.4. The maximum absolute atomic E-state index is 12.4. The van der Waals surface area contributed by atoms with Crippen LogP contribution in [0.4, 0.5) is 11.4 Å². The molecule has 0 heterocycles. The first kappa shape index (κ1) is 15.9. The summed E-state index contributed by atoms with van der Waals surface area (Å²) in [4.78, 5) is 12.4. The number of amides is 1. The molecule has 21 heavy (non-hydrogen) atoms. The number of nitrogens with two attached hydrogens (primary N) is 1. The van der Waals surface area contributed by atoms with Gasteiger partial charge in [-0.1, -0.05) is 12.1 Å². The summed E-state index contributed by atoms with van der Waals surface area (Å²) in [6, 6.07) is 8.91. The summed E-state index contributed by atoms with van der Waals surface area (Å²) in [6.07, 6.45) is 0. The third-order valence-corrected chi connectivity index (χ3v) is 4.33. The zero-order valence-corrected chi connectivity index (χ0v) is 14.7. The molecule has 0 unspecified atom stereocenters. The van der Waals surface area contributed by atoms with Crippen LogP contribution in [0, 0.1) is 6.92 Å². The van der Waals surface area contributed by atoms with Crippen molar-refractivity contribution in [2.45, 2.75) is 6.92 Å². The van der Waals surface area contributed by atoms with Gasteiger partial charge < -0.3 is 15.8 Å². The summed E-state index contributed by atoms with van der Waals surface area (Å²) in [5, 5.41) is 2.83. The zero-order valence-electron chi connectivity index (χ0n) is 11.5. The quantitative estimate of drug-likeness (QED) is 0.734. The molecular weight excluding hydrogens is 400 g/mol. The smallest absolute Gasteiger partial charge is 0.257 e. The molecule has 0 spiro atoms. The monoisotopic (exact) mass is 412 g/mol. The summed E-state index contributed by atoms with van der Waals surface area (Å²) in [7, 11) is 1.57. The molecule has 0 radical (unpaired) electrons. The van der Waals surface area contributed by atoms with E-state index >= 15 is 0 Å². The van der Waals surface area contributed by atoms with Crippen molar-refractivity contribution in [3.8, 4) is 5.75 Å². The highest BCUT2D eigenvalue weighted by Crippen LogP contribution is 2.35. The van der Waals surface area contributed by atoms with Crippen molar-refractivity contribution in [2.75, 3.05) is 18.2 Å². The van der Waals surface area contributed by atoms with Gasteiger partial charge in [0.25, 0.3) is 5.91 Å². The number of para-hydroxylation sites is 1. The van der Waals surface area contributed by atoms with Crippen molar-refractivity contribution in [3.05, 3.63) is 50.4 Å². The van der Waals surface area contributed by atoms with E-state index in [0.29, 0.717) is 22.7 Å². The van der Waals surface area contributed by atoms with Gasteiger partial charge >= 0.3 is 0 Å². The average molecular weight is 414 g/mol. The second kappa shape index (κ2) is 6.49. The van der Waals surface area contributed by atoms with E-state index in [0.717, 1.165) is 14.5 Å². The summed E-state index contributed by atoms with van der Waals surface area (Å²) in [6.45, 7) is 1.87. The van der Waals surface area contributed by atoms with Gasteiger partial charge in [-0.15, -0.1) is 0 Å². The molecule has 2 rings (SSSR count). The Hall–Kier alpha value is -1.53. The third-order valence-electron chi connectivity index (χ3n) is 3.06. The van der Waals surface area contributed by atoms with Crippen molar-refractivity contribution in [1.29, 1.82) is 0 Å². The Balaban J connectivity index is 2.34. The summed E-state index contributed by atoms with van der Waals surface area (Å²) < 4.78 is 6.77. The number of carbonyl (C=O) groups excluding carboxylic acids is 1. The van der Waals surface area contributed by atoms with Crippen LogP contribution in [0.2, 0.25) is 0 Å². The molecule has 2 aromatic carbocycles. The van der Waals surface area contributed by atoms with Gasteiger partial charge in [0.05, 0.1) is 22.8 Å². The zero-order chi connectivity index (χ0) is 15.6. The van der Waals surface area contributed by atoms with Crippen LogP contribution < -0.4 is 15.8 Å². The number of aryl methyl sites for hydroxylation is 1. The highest BCUT2D eigenvalue weighted by molar-refractivity contribution is 9.11. The van der Waals surface area contributed by atoms with Gasteiger partial charge in [-0.2, -0.15) is 0 Å². The number of hydrogen-bond donors (Lipinski definition) is 2. The molecule has 4 nitrogen and oxygen atoms in total. The largest absolute Gasteiger partial charge is 0.495 e. The first-order chi connectivity index (χ1) is 9.93. The van der Waals surface area contributed by atoms with Gasteiger partial charge in [0, 0.05) is 16.2 Å². The van der Waals surface area contributed by atoms with Gasteiger partial charge in [0.2, 0.25) is 0 Å². The second-order valence-electron chi connectivity index (χ2n) is 4.46. The highest BCUT2D eigenvalue weighted by atomic mass is 79.9. The normalized spacial score (nSPS) is 10.3. The van der Waals surface area contributed by atoms with Crippen LogP contribution in [0.25, 0.3) is 0 Å². The molecule has 0 saturated heterocycles. The van der Waals surface area contributed by atoms with E-state index in [-0.39, 0.29) is 5.91 Å². The van der Waals surface area contributed by atoms with Crippen LogP contribution in [0.5, 0.6) is 5.75 Å². The molecule has 0 atom stereocenters. The van der Waals surface area contributed by atoms with Crippen LogP contribution >= 0.6 is 31.9 Å². The van der Waals surface area contributed by atoms with E-state index in [9.17, 15) is 4.79 Å². The molecule has 0 aliphatic rings. The number of anilines is 2. The number of benzene rings is 2. The summed E-state index contributed by atoms with van der Waals surface area (Å²) in [5.41, 5.74) is 8.36. The van der Waals surface area contributed by atoms with Gasteiger partial charge in [-0.3, -0.25) is 4.79 Å². The molecule has 1 amide bonds. The first-order valence-electron chi connectivity index (χ1n) is 6.13. The van der Waals surface area contributed by atoms with Crippen LogP contribution in [0.1, 0.15) is 15.9 Å². The number of ether oxygens (including phenoxy) is 1. The number of halogens is 2. The Morgan fingerprint density at radius 2 is 1.95 bits per heavy atom. The lowest BCUT2D eigenvalue weighted by molar-refractivity contribution is 0.102. The number of hydrogen-bond acceptors (Lipinski definition) is 3. The van der Waals surface area contributed by atoms with Crippen molar-refractivity contribution in [2.24, 2.45) is 0 Å². The molecule has 3 N–H and O–H groups in total. The van der Waals surface area contributed by atoms with Crippen molar-refractivity contribution in [3.63, 3.8) is 0 Å². The van der Waals surface area contributed by atoms with Gasteiger partial charge in [0.1, 0.15) is 5.75 Å². The lowest BCUT2D eigenvalue weighted by atomic mass is 10.1. The van der Waals surface area contributed by atoms with E-state index in [2.05, 4.69) is 37.2 Å². The molecule has 110 valence electrons. The van der Waals surface area contributed by atoms with Gasteiger partial charge in [0.15, 0.2) is 0 Å². The van der Waals surface area contributed by atoms with Gasteiger partial charge in [-0.25, -0.2) is 0 Å². The molecule has 0 aliphatic heterocycles. The number of nitrogens with one attached hydrogen (secondary N) is 1. The first-order valence-corrected chi connectivity index (χ1v) is 7.72. The Morgan fingerprint density at radius 3 is 2.62 bits per heavy atom. The minimum Gasteiger partial charge on any atom is -0.495 e. The van der Waals surface area contributed by atoms with E-state index in [1.807, 2.05) is 19.1 Å². The number of rotatable bonds is 3. The SMILES string of the molecule is COc1cc(NC(=O)c2cccc(C)c2N)c(Br)cc1Br. The predicted octanol–water partition coefficient (Wildman–Crippen LogP) is 4.36. The maximum Gasteiger partial charge on any atom is 0.257 e. The molecule has 0 aliphatic carbocycles. The standard InChI is InChI=1S/C15H14Br2N2O2/c1-8-4-3-5-9(14(8)18)15(20)19-12-7-13(21-2)11(17)6-10(12)16/h3-7H,18H2,1-2H3,(H,19,20). The van der Waals surface area contributed by atoms with Crippen LogP contribution in [0.3, 0.4) is 0 Å². The Morgan fingerprint density at radius 1 is 1.24 bits per heavy atom. The predicted molar refractivity (Wildman–Crippen MR) is 91.9 cm³/mol. The molecule has 0 aromatic heterocycles. The number of nitrogen functional groups attached to an aromatic ring is 1. The summed E-state index contributed by atoms with van der Waals surface area (Å²) >= 11 is 6.80. The Kier molecular flexibility index (Phi) is 4.90. The molecule has 6 heteroatoms. The fourth-order valence-corrected chi connectivity index (χ4v) is 3.10. The Bertz CT molecular complexity index is 702. The van der Waals surface area contributed by atoms with Gasteiger partial charge in [-0.05, 0) is 56.5 Å². The van der Waals surface area contributed by atoms with Crippen molar-refractivity contribution < 1.29 is 9.53 Å². The van der Waals surface area contributed by atoms with E-state index in [1.165, 1.54) is 0 Å². The third kappa shape index (κ3) is 3.39. The van der Waals surface area contributed by atoms with Crippen LogP contribution in [0.15, 0.2) is 39.3 Å². The lowest BCUT2D eigenvalue weighted by Crippen LogP contribution is -2.15. The molecular formula is C15H14Br2N2O2. The fourth-order valence-electron chi connectivity index (χ4n) is 1.85. The fraction of sp³-hybridized carbons (Fsp3) is 0.133. The minimum absolute atomic E-state index is 0.263. The minimum atomic E-state index is -0.263. The highest BCUT2D eigenvalue weighted by Gasteiger charge is 2.14. The molecule has 0 bridgehead atoms. The van der Waals surface area contributed by atoms with Crippen LogP contribution in [-0.2, 0) is 0 Å². The van der Waals surface area contributed by atoms with E-state index in [1.54, 1.807) is 25.3 Å². The average Bonchev–Trinajstić information content (AvgIpc) is 2.44. The second-order valence-corrected chi connectivity index (χ2v) is 6.17. The number of methoxy groups -OCH3 is 1. The lowest BCUT2D eigenvalue weighted by Gasteiger charge is -2.12. The van der Waals surface area contributed by atoms with Crippen LogP contribution in [-0.4, -0.2) is 13.0 Å². The van der Waals surface area contributed by atoms with Crippen molar-refractivity contribution in [1.82, 2.24) is 0 Å². The Labute approximate surface area is 139 Å². The van der Waals surface area contributed by atoms with Crippen molar-refractivity contribution >= 4 is 49.1 Å². The molecule has 2 aromatic rings. The van der Waals surface area contributed by atoms with E-state index in [4.69, 9.17) is 10.5 Å². The summed E-state index contributed by atoms with van der Waals surface area (Å²) in [5.74, 6) is 0.368.